The van der Waals surface area contributed by atoms with E-state index in [-0.39, 0.29) is 23.2 Å². The van der Waals surface area contributed by atoms with Crippen LogP contribution in [0, 0.1) is 22.9 Å². The molecule has 0 unspecified atom stereocenters. The van der Waals surface area contributed by atoms with E-state index in [0.717, 1.165) is 18.2 Å². The molecule has 0 aliphatic rings. The number of halogens is 2. The maximum Gasteiger partial charge on any atom is 0.311 e. The Hall–Kier alpha value is -2.15. The van der Waals surface area contributed by atoms with Gasteiger partial charge in [-0.3, -0.25) is 10.1 Å². The summed E-state index contributed by atoms with van der Waals surface area (Å²) in [6.07, 6.45) is 0. The lowest BCUT2D eigenvalue weighted by atomic mass is 10.2. The Morgan fingerprint density at radius 2 is 2.25 bits per heavy atom. The second kappa shape index (κ2) is 5.46. The van der Waals surface area contributed by atoms with E-state index in [4.69, 9.17) is 16.3 Å². The van der Waals surface area contributed by atoms with Crippen LogP contribution in [0.5, 0.6) is 11.6 Å². The topological polar surface area (TPSA) is 70.2 Å². The van der Waals surface area contributed by atoms with Crippen molar-refractivity contribution in [3.63, 3.8) is 0 Å². The lowest BCUT2D eigenvalue weighted by molar-refractivity contribution is -0.385. The molecule has 0 saturated carbocycles. The van der Waals surface area contributed by atoms with Gasteiger partial charge >= 0.3 is 5.69 Å². The smallest absolute Gasteiger partial charge is 0.311 e. The molecule has 0 spiro atoms. The summed E-state index contributed by atoms with van der Waals surface area (Å²) in [5.74, 6) is -0.425. The highest BCUT2D eigenvalue weighted by Crippen LogP contribution is 2.34. The van der Waals surface area contributed by atoms with Crippen molar-refractivity contribution in [1.29, 1.82) is 0 Å². The average Bonchev–Trinajstić information content (AvgIpc) is 2.63. The molecular formula is C12H11ClFN3O3. The van der Waals surface area contributed by atoms with Crippen LogP contribution in [-0.2, 0) is 12.9 Å². The predicted octanol–water partition coefficient (Wildman–Crippen LogP) is 3.31. The van der Waals surface area contributed by atoms with Crippen molar-refractivity contribution in [2.75, 3.05) is 0 Å². The van der Waals surface area contributed by atoms with Gasteiger partial charge in [-0.2, -0.15) is 5.10 Å². The van der Waals surface area contributed by atoms with Gasteiger partial charge in [0.15, 0.2) is 0 Å². The molecule has 106 valence electrons. The molecule has 0 fully saturated rings. The van der Waals surface area contributed by atoms with Crippen LogP contribution in [0.15, 0.2) is 18.2 Å². The first-order valence-corrected chi connectivity index (χ1v) is 6.17. The summed E-state index contributed by atoms with van der Waals surface area (Å²) < 4.78 is 20.1. The summed E-state index contributed by atoms with van der Waals surface area (Å²) in [7, 11) is 1.61. The maximum absolute atomic E-state index is 13.3. The number of aryl methyl sites for hydroxylation is 2. The molecule has 1 aromatic carbocycles. The minimum absolute atomic E-state index is 0.137. The third-order valence-corrected chi connectivity index (χ3v) is 3.01. The molecule has 6 nitrogen and oxygen atoms in total. The van der Waals surface area contributed by atoms with E-state index in [1.165, 1.54) is 4.68 Å². The lowest BCUT2D eigenvalue weighted by Crippen LogP contribution is -1.99. The quantitative estimate of drug-likeness (QED) is 0.493. The SMILES string of the molecule is Cc1nn(C)c(Oc2cc(F)ccc2[N+](=O)[O-])c1CCl. The Labute approximate surface area is 118 Å². The Bertz CT molecular complexity index is 672. The van der Waals surface area contributed by atoms with Crippen LogP contribution in [0.3, 0.4) is 0 Å². The molecule has 1 aromatic heterocycles. The number of hydrogen-bond donors (Lipinski definition) is 0. The molecule has 20 heavy (non-hydrogen) atoms. The first kappa shape index (κ1) is 14.3. The lowest BCUT2D eigenvalue weighted by Gasteiger charge is -2.08. The molecule has 0 N–H and O–H groups in total. The molecular weight excluding hydrogens is 289 g/mol. The highest BCUT2D eigenvalue weighted by Gasteiger charge is 2.21. The zero-order valence-electron chi connectivity index (χ0n) is 10.8. The van der Waals surface area contributed by atoms with Gasteiger partial charge in [0, 0.05) is 19.2 Å². The van der Waals surface area contributed by atoms with Gasteiger partial charge in [0.25, 0.3) is 0 Å². The fourth-order valence-electron chi connectivity index (χ4n) is 1.79. The van der Waals surface area contributed by atoms with Crippen LogP contribution in [0.1, 0.15) is 11.3 Å². The number of nitro groups is 1. The highest BCUT2D eigenvalue weighted by atomic mass is 35.5. The second-order valence-corrected chi connectivity index (χ2v) is 4.36. The van der Waals surface area contributed by atoms with Crippen LogP contribution in [0.4, 0.5) is 10.1 Å². The molecule has 0 amide bonds. The fourth-order valence-corrected chi connectivity index (χ4v) is 2.09. The number of aromatic nitrogens is 2. The van der Waals surface area contributed by atoms with E-state index < -0.39 is 10.7 Å². The molecule has 0 bridgehead atoms. The van der Waals surface area contributed by atoms with Gasteiger partial charge in [0.2, 0.25) is 11.6 Å². The summed E-state index contributed by atoms with van der Waals surface area (Å²) in [5, 5.41) is 15.0. The van der Waals surface area contributed by atoms with E-state index >= 15 is 0 Å². The van der Waals surface area contributed by atoms with E-state index in [1.807, 2.05) is 0 Å². The first-order chi connectivity index (χ1) is 9.43. The summed E-state index contributed by atoms with van der Waals surface area (Å²) in [6.45, 7) is 1.74. The third kappa shape index (κ3) is 2.57. The Morgan fingerprint density at radius 1 is 1.55 bits per heavy atom. The van der Waals surface area contributed by atoms with Crippen molar-refractivity contribution < 1.29 is 14.1 Å². The van der Waals surface area contributed by atoms with E-state index in [9.17, 15) is 14.5 Å². The summed E-state index contributed by atoms with van der Waals surface area (Å²) in [6, 6.07) is 3.01. The van der Waals surface area contributed by atoms with Gasteiger partial charge in [0.1, 0.15) is 5.82 Å². The number of rotatable bonds is 4. The molecule has 8 heteroatoms. The monoisotopic (exact) mass is 299 g/mol. The number of alkyl halides is 1. The molecule has 0 aliphatic heterocycles. The van der Waals surface area contributed by atoms with Crippen LogP contribution in [0.2, 0.25) is 0 Å². The van der Waals surface area contributed by atoms with Gasteiger partial charge in [-0.05, 0) is 13.0 Å². The zero-order valence-corrected chi connectivity index (χ0v) is 11.5. The minimum atomic E-state index is -0.641. The van der Waals surface area contributed by atoms with Crippen molar-refractivity contribution in [3.8, 4) is 11.6 Å². The van der Waals surface area contributed by atoms with Gasteiger partial charge in [-0.1, -0.05) is 0 Å². The van der Waals surface area contributed by atoms with Crippen molar-refractivity contribution in [1.82, 2.24) is 9.78 Å². The minimum Gasteiger partial charge on any atom is -0.432 e. The molecule has 2 aromatic rings. The van der Waals surface area contributed by atoms with Gasteiger partial charge < -0.3 is 4.74 Å². The van der Waals surface area contributed by atoms with Crippen LogP contribution in [0.25, 0.3) is 0 Å². The third-order valence-electron chi connectivity index (χ3n) is 2.75. The van der Waals surface area contributed by atoms with E-state index in [0.29, 0.717) is 11.3 Å². The Balaban J connectivity index is 2.49. The highest BCUT2D eigenvalue weighted by molar-refractivity contribution is 6.17. The number of benzene rings is 1. The average molecular weight is 300 g/mol. The summed E-state index contributed by atoms with van der Waals surface area (Å²) >= 11 is 5.81. The molecule has 0 aliphatic carbocycles. The molecule has 0 atom stereocenters. The molecule has 1 heterocycles. The predicted molar refractivity (Wildman–Crippen MR) is 70.6 cm³/mol. The van der Waals surface area contributed by atoms with E-state index in [1.54, 1.807) is 14.0 Å². The largest absolute Gasteiger partial charge is 0.432 e. The zero-order chi connectivity index (χ0) is 14.9. The van der Waals surface area contributed by atoms with Crippen LogP contribution >= 0.6 is 11.6 Å². The standard InChI is InChI=1S/C12H11ClFN3O3/c1-7-9(6-13)12(16(2)15-7)20-11-5-8(14)3-4-10(11)17(18)19/h3-5H,6H2,1-2H3. The van der Waals surface area contributed by atoms with Gasteiger partial charge in [-0.25, -0.2) is 9.07 Å². The van der Waals surface area contributed by atoms with Crippen LogP contribution < -0.4 is 4.74 Å². The molecule has 0 saturated heterocycles. The van der Waals surface area contributed by atoms with Crippen molar-refractivity contribution in [2.45, 2.75) is 12.8 Å². The molecule has 0 radical (unpaired) electrons. The van der Waals surface area contributed by atoms with Gasteiger partial charge in [0.05, 0.1) is 22.1 Å². The molecule has 2 rings (SSSR count). The van der Waals surface area contributed by atoms with Crippen LogP contribution in [-0.4, -0.2) is 14.7 Å². The number of hydrogen-bond acceptors (Lipinski definition) is 4. The second-order valence-electron chi connectivity index (χ2n) is 4.10. The van der Waals surface area contributed by atoms with Crippen molar-refractivity contribution in [3.05, 3.63) is 45.4 Å². The summed E-state index contributed by atoms with van der Waals surface area (Å²) in [5.41, 5.74) is 0.926. The first-order valence-electron chi connectivity index (χ1n) is 5.64. The maximum atomic E-state index is 13.3. The number of ether oxygens (including phenoxy) is 1. The fraction of sp³-hybridized carbons (Fsp3) is 0.250. The normalized spacial score (nSPS) is 10.6. The summed E-state index contributed by atoms with van der Waals surface area (Å²) in [4.78, 5) is 10.3. The van der Waals surface area contributed by atoms with Crippen molar-refractivity contribution in [2.24, 2.45) is 7.05 Å². The van der Waals surface area contributed by atoms with Crippen molar-refractivity contribution >= 4 is 17.3 Å². The van der Waals surface area contributed by atoms with E-state index in [2.05, 4.69) is 5.10 Å². The Morgan fingerprint density at radius 3 is 2.85 bits per heavy atom. The van der Waals surface area contributed by atoms with Gasteiger partial charge in [-0.15, -0.1) is 11.6 Å². The number of nitrogens with zero attached hydrogens (tertiary/aromatic N) is 3. The Kier molecular flexibility index (Phi) is 3.89. The number of nitro benzene ring substituents is 1.